The molecule has 0 fully saturated rings. The van der Waals surface area contributed by atoms with Crippen LogP contribution in [0.5, 0.6) is 0 Å². The number of fused-ring (bicyclic) bond motifs is 9. The molecular weight excluding hydrogens is 627 g/mol. The monoisotopic (exact) mass is 658 g/mol. The highest BCUT2D eigenvalue weighted by molar-refractivity contribution is 6.19. The number of nitrogens with zero attached hydrogens (tertiary/aromatic N) is 5. The summed E-state index contributed by atoms with van der Waals surface area (Å²) in [6, 6.07) is 42.0. The summed E-state index contributed by atoms with van der Waals surface area (Å²) in [7, 11) is 0. The van der Waals surface area contributed by atoms with E-state index in [1.807, 2.05) is 126 Å². The molecule has 0 amide bonds. The molecule has 6 nitrogen and oxygen atoms in total. The maximum Gasteiger partial charge on any atom is 0.238 e. The number of furan rings is 1. The highest BCUT2D eigenvalue weighted by Crippen LogP contribution is 2.40. The van der Waals surface area contributed by atoms with E-state index in [4.69, 9.17) is 26.2 Å². The van der Waals surface area contributed by atoms with Gasteiger partial charge in [-0.15, -0.1) is 0 Å². The molecule has 0 unspecified atom stereocenters. The van der Waals surface area contributed by atoms with Crippen molar-refractivity contribution >= 4 is 65.6 Å². The molecule has 0 aliphatic heterocycles. The van der Waals surface area contributed by atoms with E-state index in [0.29, 0.717) is 23.1 Å². The van der Waals surface area contributed by atoms with E-state index in [2.05, 4.69) is 12.1 Å². The van der Waals surface area contributed by atoms with Gasteiger partial charge in [0.05, 0.1) is 28.9 Å². The van der Waals surface area contributed by atoms with E-state index in [0.717, 1.165) is 71.2 Å². The van der Waals surface area contributed by atoms with Crippen LogP contribution in [0.4, 0.5) is 0 Å². The van der Waals surface area contributed by atoms with E-state index >= 15 is 0 Å². The Morgan fingerprint density at radius 2 is 1.04 bits per heavy atom. The summed E-state index contributed by atoms with van der Waals surface area (Å²) >= 11 is 0. The number of rotatable bonds is 4. The van der Waals surface area contributed by atoms with Crippen molar-refractivity contribution < 1.29 is 11.3 Å². The normalized spacial score (nSPS) is 13.3. The van der Waals surface area contributed by atoms with Gasteiger partial charge in [0.25, 0.3) is 0 Å². The largest absolute Gasteiger partial charge is 0.456 e. The Morgan fingerprint density at radius 1 is 0.431 bits per heavy atom. The molecule has 0 N–H and O–H groups in total. The van der Waals surface area contributed by atoms with Crippen molar-refractivity contribution in [2.75, 3.05) is 0 Å². The van der Waals surface area contributed by atoms with Crippen LogP contribution in [0.2, 0.25) is 0 Å². The fourth-order valence-electron chi connectivity index (χ4n) is 7.42. The first-order valence-electron chi connectivity index (χ1n) is 19.1. The Kier molecular flexibility index (Phi) is 4.91. The lowest BCUT2D eigenvalue weighted by atomic mass is 10.1. The third kappa shape index (κ3) is 4.20. The molecule has 6 heteroatoms. The smallest absolute Gasteiger partial charge is 0.238 e. The standard InChI is InChI=1S/C45H27N5O/c1-3-13-28(14-4-1)43-46-44(29-23-24-34-33-19-9-12-22-41(33)51-42(34)25-29)48-45(47-43)50-38-21-11-8-18-32(38)36-26-35-31-17-7-10-20-37(31)49(39(35)27-40(36)50)30-15-5-2-6-16-30/h1-27H/i2D,5D,6D,15D,16D. The van der Waals surface area contributed by atoms with Gasteiger partial charge in [-0.05, 0) is 54.5 Å². The molecule has 0 aliphatic carbocycles. The molecule has 0 saturated carbocycles. The van der Waals surface area contributed by atoms with E-state index in [1.165, 1.54) is 0 Å². The molecule has 7 aromatic carbocycles. The minimum atomic E-state index is -0.439. The molecule has 0 aliphatic rings. The van der Waals surface area contributed by atoms with Crippen LogP contribution >= 0.6 is 0 Å². The van der Waals surface area contributed by atoms with Gasteiger partial charge in [-0.1, -0.05) is 109 Å². The Bertz CT molecular complexity index is 3410. The lowest BCUT2D eigenvalue weighted by molar-refractivity contribution is 0.669. The first kappa shape index (κ1) is 23.3. The summed E-state index contributed by atoms with van der Waals surface area (Å²) in [5.41, 5.74) is 6.25. The van der Waals surface area contributed by atoms with Gasteiger partial charge in [-0.25, -0.2) is 4.98 Å². The Balaban J connectivity index is 1.23. The van der Waals surface area contributed by atoms with Gasteiger partial charge in [0, 0.05) is 49.1 Å². The summed E-state index contributed by atoms with van der Waals surface area (Å²) in [4.78, 5) is 15.3. The molecule has 0 bridgehead atoms. The zero-order valence-corrected chi connectivity index (χ0v) is 26.8. The Labute approximate surface area is 298 Å². The van der Waals surface area contributed by atoms with Crippen LogP contribution in [0.25, 0.3) is 100.0 Å². The molecular formula is C45H27N5O. The van der Waals surface area contributed by atoms with Gasteiger partial charge in [0.2, 0.25) is 5.95 Å². The van der Waals surface area contributed by atoms with Gasteiger partial charge >= 0.3 is 0 Å². The quantitative estimate of drug-likeness (QED) is 0.189. The number of benzene rings is 7. The molecule has 11 aromatic rings. The Morgan fingerprint density at radius 3 is 1.80 bits per heavy atom. The zero-order chi connectivity index (χ0) is 37.8. The van der Waals surface area contributed by atoms with Gasteiger partial charge in [-0.2, -0.15) is 9.97 Å². The predicted molar refractivity (Wildman–Crippen MR) is 207 cm³/mol. The van der Waals surface area contributed by atoms with Crippen LogP contribution in [0.3, 0.4) is 0 Å². The molecule has 0 spiro atoms. The summed E-state index contributed by atoms with van der Waals surface area (Å²) in [6.45, 7) is 0. The van der Waals surface area contributed by atoms with Crippen molar-refractivity contribution in [2.45, 2.75) is 0 Å². The van der Waals surface area contributed by atoms with Gasteiger partial charge in [0.1, 0.15) is 11.2 Å². The minimum absolute atomic E-state index is 0.0824. The molecule has 4 aromatic heterocycles. The fourth-order valence-corrected chi connectivity index (χ4v) is 7.42. The van der Waals surface area contributed by atoms with Crippen molar-refractivity contribution in [3.8, 4) is 34.4 Å². The van der Waals surface area contributed by atoms with Crippen LogP contribution in [-0.2, 0) is 0 Å². The molecule has 51 heavy (non-hydrogen) atoms. The molecule has 0 radical (unpaired) electrons. The van der Waals surface area contributed by atoms with E-state index in [-0.39, 0.29) is 17.8 Å². The van der Waals surface area contributed by atoms with Crippen LogP contribution in [0.15, 0.2) is 168 Å². The third-order valence-corrected chi connectivity index (χ3v) is 9.67. The highest BCUT2D eigenvalue weighted by atomic mass is 16.3. The number of hydrogen-bond acceptors (Lipinski definition) is 4. The third-order valence-electron chi connectivity index (χ3n) is 9.67. The fraction of sp³-hybridized carbons (Fsp3) is 0. The molecule has 238 valence electrons. The molecule has 4 heterocycles. The van der Waals surface area contributed by atoms with Crippen molar-refractivity contribution in [3.63, 3.8) is 0 Å². The maximum atomic E-state index is 8.95. The summed E-state index contributed by atoms with van der Waals surface area (Å²) < 4.78 is 53.2. The summed E-state index contributed by atoms with van der Waals surface area (Å²) in [5, 5.41) is 5.74. The van der Waals surface area contributed by atoms with Crippen LogP contribution in [-0.4, -0.2) is 24.1 Å². The summed E-state index contributed by atoms with van der Waals surface area (Å²) in [6.07, 6.45) is 0. The predicted octanol–water partition coefficient (Wildman–Crippen LogP) is 11.3. The first-order valence-corrected chi connectivity index (χ1v) is 16.6. The molecule has 11 rings (SSSR count). The van der Waals surface area contributed by atoms with E-state index in [1.54, 1.807) is 4.57 Å². The lowest BCUT2D eigenvalue weighted by Crippen LogP contribution is -2.06. The van der Waals surface area contributed by atoms with Crippen LogP contribution in [0.1, 0.15) is 6.85 Å². The topological polar surface area (TPSA) is 61.7 Å². The van der Waals surface area contributed by atoms with Crippen molar-refractivity contribution in [3.05, 3.63) is 164 Å². The SMILES string of the molecule is [2H]c1c([2H])c([2H])c(-n2c3ccccc3c3cc4c5ccccc5n(-c5nc(-c6ccccc6)nc(-c6ccc7c(c6)oc6ccccc67)n5)c4cc32)c([2H])c1[2H]. The van der Waals surface area contributed by atoms with Crippen LogP contribution in [0, 0.1) is 0 Å². The van der Waals surface area contributed by atoms with Gasteiger partial charge in [0.15, 0.2) is 11.6 Å². The minimum Gasteiger partial charge on any atom is -0.456 e. The second kappa shape index (κ2) is 10.7. The number of para-hydroxylation sites is 4. The van der Waals surface area contributed by atoms with Crippen molar-refractivity contribution in [1.82, 2.24) is 24.1 Å². The first-order chi connectivity index (χ1) is 27.4. The number of aromatic nitrogens is 5. The maximum absolute atomic E-state index is 8.95. The molecule has 0 saturated heterocycles. The lowest BCUT2D eigenvalue weighted by Gasteiger charge is -2.11. The molecule has 0 atom stereocenters. The average Bonchev–Trinajstić information content (AvgIpc) is 3.89. The van der Waals surface area contributed by atoms with Crippen molar-refractivity contribution in [1.29, 1.82) is 0 Å². The van der Waals surface area contributed by atoms with E-state index < -0.39 is 18.1 Å². The van der Waals surface area contributed by atoms with Gasteiger partial charge < -0.3 is 8.98 Å². The second-order valence-electron chi connectivity index (χ2n) is 12.5. The van der Waals surface area contributed by atoms with E-state index in [9.17, 15) is 0 Å². The van der Waals surface area contributed by atoms with Crippen LogP contribution < -0.4 is 0 Å². The average molecular weight is 659 g/mol. The highest BCUT2D eigenvalue weighted by Gasteiger charge is 2.21. The Hall–Kier alpha value is -7.05. The van der Waals surface area contributed by atoms with Crippen molar-refractivity contribution in [2.24, 2.45) is 0 Å². The second-order valence-corrected chi connectivity index (χ2v) is 12.5. The van der Waals surface area contributed by atoms with Gasteiger partial charge in [-0.3, -0.25) is 4.57 Å². The summed E-state index contributed by atoms with van der Waals surface area (Å²) in [5.74, 6) is 1.36. The zero-order valence-electron chi connectivity index (χ0n) is 31.8. The number of hydrogen-bond donors (Lipinski definition) is 0.